The van der Waals surface area contributed by atoms with E-state index in [0.29, 0.717) is 32.5 Å². The molecule has 0 aliphatic carbocycles. The third kappa shape index (κ3) is 19.7. The highest BCUT2D eigenvalue weighted by atomic mass is 16.6. The van der Waals surface area contributed by atoms with E-state index < -0.39 is 0 Å². The smallest absolute Gasteiger partial charge is 0.306 e. The average Bonchev–Trinajstić information content (AvgIpc) is 2.12. The van der Waals surface area contributed by atoms with E-state index in [1.807, 2.05) is 20.8 Å². The van der Waals surface area contributed by atoms with Gasteiger partial charge in [-0.25, -0.2) is 0 Å². The molecule has 0 saturated heterocycles. The van der Waals surface area contributed by atoms with E-state index in [1.54, 1.807) is 0 Å². The van der Waals surface area contributed by atoms with Crippen LogP contribution in [-0.4, -0.2) is 31.2 Å². The van der Waals surface area contributed by atoms with E-state index in [2.05, 4.69) is 0 Å². The molecule has 5 nitrogen and oxygen atoms in total. The normalized spacial score (nSPS) is 10.3. The molecule has 15 heavy (non-hydrogen) atoms. The Morgan fingerprint density at radius 1 is 1.07 bits per heavy atom. The highest BCUT2D eigenvalue weighted by Crippen LogP contribution is 2.08. The zero-order valence-corrected chi connectivity index (χ0v) is 10.1. The molecule has 0 aromatic rings. The molecule has 0 unspecified atom stereocenters. The Bertz CT molecular complexity index is 153. The van der Waals surface area contributed by atoms with E-state index in [-0.39, 0.29) is 11.6 Å². The Labute approximate surface area is 92.3 Å². The van der Waals surface area contributed by atoms with E-state index in [9.17, 15) is 4.79 Å². The van der Waals surface area contributed by atoms with Crippen LogP contribution < -0.4 is 17.2 Å². The first-order valence-corrected chi connectivity index (χ1v) is 5.19. The first kappa shape index (κ1) is 16.8. The molecule has 0 aliphatic heterocycles. The molecule has 0 amide bonds. The summed E-state index contributed by atoms with van der Waals surface area (Å²) in [6.45, 7) is 7.30. The summed E-state index contributed by atoms with van der Waals surface area (Å²) in [4.78, 5) is 10.9. The van der Waals surface area contributed by atoms with Gasteiger partial charge in [0, 0.05) is 19.5 Å². The van der Waals surface area contributed by atoms with Crippen LogP contribution in [0.5, 0.6) is 0 Å². The van der Waals surface area contributed by atoms with Crippen LogP contribution in [0.15, 0.2) is 0 Å². The van der Waals surface area contributed by atoms with Gasteiger partial charge < -0.3 is 21.9 Å². The molecule has 6 N–H and O–H groups in total. The van der Waals surface area contributed by atoms with Crippen molar-refractivity contribution in [3.8, 4) is 0 Å². The van der Waals surface area contributed by atoms with Crippen LogP contribution in [0.2, 0.25) is 0 Å². The summed E-state index contributed by atoms with van der Waals surface area (Å²) < 4.78 is 5.05. The molecule has 0 radical (unpaired) electrons. The van der Waals surface area contributed by atoms with Gasteiger partial charge in [0.15, 0.2) is 0 Å². The molecule has 0 saturated carbocycles. The topological polar surface area (TPSA) is 104 Å². The van der Waals surface area contributed by atoms with Gasteiger partial charge in [0.25, 0.3) is 0 Å². The maximum atomic E-state index is 10.9. The number of rotatable bonds is 4. The lowest BCUT2D eigenvalue weighted by Gasteiger charge is -2.19. The van der Waals surface area contributed by atoms with Crippen molar-refractivity contribution in [3.63, 3.8) is 0 Å². The van der Waals surface area contributed by atoms with E-state index in [0.717, 1.165) is 0 Å². The quantitative estimate of drug-likeness (QED) is 0.576. The van der Waals surface area contributed by atoms with Gasteiger partial charge in [-0.15, -0.1) is 0 Å². The second kappa shape index (κ2) is 9.89. The highest BCUT2D eigenvalue weighted by molar-refractivity contribution is 5.69. The number of carbonyl (C=O) groups excluding carboxylic acids is 1. The average molecular weight is 219 g/mol. The Kier molecular flexibility index (Phi) is 11.1. The zero-order valence-electron chi connectivity index (χ0n) is 10.1. The van der Waals surface area contributed by atoms with Gasteiger partial charge in [0.2, 0.25) is 0 Å². The third-order valence-corrected chi connectivity index (χ3v) is 1.17. The minimum atomic E-state index is -0.369. The molecule has 0 spiro atoms. The zero-order chi connectivity index (χ0) is 12.3. The van der Waals surface area contributed by atoms with Gasteiger partial charge in [-0.1, -0.05) is 0 Å². The maximum absolute atomic E-state index is 10.9. The maximum Gasteiger partial charge on any atom is 0.306 e. The van der Waals surface area contributed by atoms with Gasteiger partial charge >= 0.3 is 5.97 Å². The largest absolute Gasteiger partial charge is 0.460 e. The molecule has 0 atom stereocenters. The second-order valence-electron chi connectivity index (χ2n) is 4.06. The Morgan fingerprint density at radius 2 is 1.53 bits per heavy atom. The predicted molar refractivity (Wildman–Crippen MR) is 62.2 cm³/mol. The summed E-state index contributed by atoms with van der Waals surface area (Å²) >= 11 is 0. The highest BCUT2D eigenvalue weighted by Gasteiger charge is 2.14. The van der Waals surface area contributed by atoms with Crippen LogP contribution in [0.3, 0.4) is 0 Å². The van der Waals surface area contributed by atoms with Crippen molar-refractivity contribution in [2.24, 2.45) is 17.2 Å². The predicted octanol–water partition coefficient (Wildman–Crippen LogP) is -0.0292. The van der Waals surface area contributed by atoms with Gasteiger partial charge in [-0.05, 0) is 33.7 Å². The first-order valence-electron chi connectivity index (χ1n) is 5.19. The minimum absolute atomic E-state index is 0.164. The molecule has 0 rings (SSSR count). The minimum Gasteiger partial charge on any atom is -0.460 e. The number of carbonyl (C=O) groups is 1. The molecule has 5 heteroatoms. The van der Waals surface area contributed by atoms with Crippen molar-refractivity contribution in [2.45, 2.75) is 39.2 Å². The number of nitrogens with two attached hydrogens (primary N) is 3. The van der Waals surface area contributed by atoms with Crippen molar-refractivity contribution >= 4 is 5.97 Å². The monoisotopic (exact) mass is 219 g/mol. The summed E-state index contributed by atoms with van der Waals surface area (Å²) in [5, 5.41) is 0. The van der Waals surface area contributed by atoms with E-state index in [4.69, 9.17) is 21.9 Å². The lowest BCUT2D eigenvalue weighted by Crippen LogP contribution is -2.24. The molecule has 0 heterocycles. The summed E-state index contributed by atoms with van der Waals surface area (Å²) in [5.41, 5.74) is 14.7. The van der Waals surface area contributed by atoms with Crippen LogP contribution >= 0.6 is 0 Å². The third-order valence-electron chi connectivity index (χ3n) is 1.17. The summed E-state index contributed by atoms with van der Waals surface area (Å²) in [6.07, 6.45) is 1.13. The fourth-order valence-corrected chi connectivity index (χ4v) is 0.639. The van der Waals surface area contributed by atoms with Gasteiger partial charge in [-0.3, -0.25) is 4.79 Å². The molecular weight excluding hydrogens is 194 g/mol. The van der Waals surface area contributed by atoms with Crippen molar-refractivity contribution in [1.29, 1.82) is 0 Å². The number of hydrogen-bond donors (Lipinski definition) is 3. The summed E-state index contributed by atoms with van der Waals surface area (Å²) in [5.74, 6) is -0.164. The lowest BCUT2D eigenvalue weighted by atomic mass is 10.2. The van der Waals surface area contributed by atoms with Crippen LogP contribution in [0.1, 0.15) is 33.6 Å². The van der Waals surface area contributed by atoms with Crippen molar-refractivity contribution < 1.29 is 9.53 Å². The first-order chi connectivity index (χ1) is 6.87. The Balaban J connectivity index is 0. The standard InChI is InChI=1S/C8H17NO2.C2H8N2/c1-8(2,3)11-7(10)5-4-6-9;3-1-2-4/h4-6,9H2,1-3H3;1-4H2. The van der Waals surface area contributed by atoms with Crippen molar-refractivity contribution in [3.05, 3.63) is 0 Å². The van der Waals surface area contributed by atoms with E-state index >= 15 is 0 Å². The Morgan fingerprint density at radius 3 is 1.80 bits per heavy atom. The van der Waals surface area contributed by atoms with Crippen LogP contribution in [0.4, 0.5) is 0 Å². The van der Waals surface area contributed by atoms with Gasteiger partial charge in [0.1, 0.15) is 5.60 Å². The number of hydrogen-bond acceptors (Lipinski definition) is 5. The molecule has 0 fully saturated rings. The molecule has 0 aromatic heterocycles. The van der Waals surface area contributed by atoms with Crippen molar-refractivity contribution in [1.82, 2.24) is 0 Å². The lowest BCUT2D eigenvalue weighted by molar-refractivity contribution is -0.154. The van der Waals surface area contributed by atoms with Gasteiger partial charge in [0.05, 0.1) is 0 Å². The summed E-state index contributed by atoms with van der Waals surface area (Å²) in [6, 6.07) is 0. The number of esters is 1. The summed E-state index contributed by atoms with van der Waals surface area (Å²) in [7, 11) is 0. The molecular formula is C10H25N3O2. The molecule has 92 valence electrons. The molecule has 0 aliphatic rings. The number of ether oxygens (including phenoxy) is 1. The van der Waals surface area contributed by atoms with Crippen LogP contribution in [0.25, 0.3) is 0 Å². The molecule has 0 bridgehead atoms. The van der Waals surface area contributed by atoms with Gasteiger partial charge in [-0.2, -0.15) is 0 Å². The Hall–Kier alpha value is -0.650. The fraction of sp³-hybridized carbons (Fsp3) is 0.900. The fourth-order valence-electron chi connectivity index (χ4n) is 0.639. The second-order valence-corrected chi connectivity index (χ2v) is 4.06. The van der Waals surface area contributed by atoms with E-state index in [1.165, 1.54) is 0 Å². The van der Waals surface area contributed by atoms with Crippen LogP contribution in [-0.2, 0) is 9.53 Å². The molecule has 0 aromatic carbocycles. The SMILES string of the molecule is CC(C)(C)OC(=O)CCCN.NCCN. The van der Waals surface area contributed by atoms with Crippen molar-refractivity contribution in [2.75, 3.05) is 19.6 Å². The van der Waals surface area contributed by atoms with Crippen LogP contribution in [0, 0.1) is 0 Å².